The van der Waals surface area contributed by atoms with Crippen LogP contribution in [0.4, 0.5) is 0 Å². The van der Waals surface area contributed by atoms with Crippen LogP contribution in [-0.4, -0.2) is 9.97 Å². The average Bonchev–Trinajstić information content (AvgIpc) is 2.98. The van der Waals surface area contributed by atoms with E-state index >= 15 is 0 Å². The highest BCUT2D eigenvalue weighted by atomic mass is 35.5. The highest BCUT2D eigenvalue weighted by Crippen LogP contribution is 2.35. The van der Waals surface area contributed by atoms with Gasteiger partial charge in [-0.15, -0.1) is 11.3 Å². The lowest BCUT2D eigenvalue weighted by atomic mass is 10.0. The second-order valence-electron chi connectivity index (χ2n) is 5.25. The molecule has 0 atom stereocenters. The molecule has 0 amide bonds. The van der Waals surface area contributed by atoms with Gasteiger partial charge >= 0.3 is 0 Å². The number of aromatic nitrogens is 2. The number of aryl methyl sites for hydroxylation is 2. The monoisotopic (exact) mass is 292 g/mol. The highest BCUT2D eigenvalue weighted by Gasteiger charge is 2.20. The zero-order valence-corrected chi connectivity index (χ0v) is 12.8. The van der Waals surface area contributed by atoms with Crippen molar-refractivity contribution in [2.24, 2.45) is 0 Å². The Bertz CT molecular complexity index is 600. The third-order valence-corrected chi connectivity index (χ3v) is 4.93. The Hall–Kier alpha value is -0.930. The Morgan fingerprint density at radius 3 is 2.53 bits per heavy atom. The molecular weight excluding hydrogens is 276 g/mol. The third-order valence-electron chi connectivity index (χ3n) is 3.77. The minimum atomic E-state index is 0.565. The number of thiophene rings is 1. The molecular formula is C15H17ClN2S. The fraction of sp³-hybridized carbons (Fsp3) is 0.467. The Balaban J connectivity index is 2.04. The van der Waals surface area contributed by atoms with Crippen molar-refractivity contribution in [2.45, 2.75) is 45.4 Å². The summed E-state index contributed by atoms with van der Waals surface area (Å²) in [5.41, 5.74) is 2.25. The summed E-state index contributed by atoms with van der Waals surface area (Å²) in [6.45, 7) is 4.23. The maximum absolute atomic E-state index is 6.19. The number of hydrogen-bond donors (Lipinski definition) is 0. The molecule has 1 fully saturated rings. The summed E-state index contributed by atoms with van der Waals surface area (Å²) in [6, 6.07) is 4.10. The van der Waals surface area contributed by atoms with Gasteiger partial charge in [-0.3, -0.25) is 0 Å². The van der Waals surface area contributed by atoms with Gasteiger partial charge in [0.1, 0.15) is 5.15 Å². The van der Waals surface area contributed by atoms with Gasteiger partial charge in [0.15, 0.2) is 5.82 Å². The van der Waals surface area contributed by atoms with Crippen LogP contribution in [0.25, 0.3) is 11.4 Å². The van der Waals surface area contributed by atoms with Crippen LogP contribution >= 0.6 is 22.9 Å². The van der Waals surface area contributed by atoms with Gasteiger partial charge in [0.05, 0.1) is 0 Å². The van der Waals surface area contributed by atoms with E-state index in [9.17, 15) is 0 Å². The number of rotatable bonds is 2. The molecule has 4 heteroatoms. The van der Waals surface area contributed by atoms with Gasteiger partial charge in [0.2, 0.25) is 0 Å². The molecule has 0 saturated heterocycles. The van der Waals surface area contributed by atoms with Crippen molar-refractivity contribution in [3.8, 4) is 11.4 Å². The summed E-state index contributed by atoms with van der Waals surface area (Å²) in [4.78, 5) is 11.7. The van der Waals surface area contributed by atoms with Crippen molar-refractivity contribution in [3.63, 3.8) is 0 Å². The Morgan fingerprint density at radius 2 is 1.89 bits per heavy atom. The van der Waals surface area contributed by atoms with Crippen LogP contribution in [0, 0.1) is 13.8 Å². The van der Waals surface area contributed by atoms with Gasteiger partial charge in [0.25, 0.3) is 0 Å². The van der Waals surface area contributed by atoms with E-state index < -0.39 is 0 Å². The first kappa shape index (κ1) is 13.1. The van der Waals surface area contributed by atoms with Crippen molar-refractivity contribution in [1.29, 1.82) is 0 Å². The molecule has 0 bridgehead atoms. The number of hydrogen-bond acceptors (Lipinski definition) is 3. The van der Waals surface area contributed by atoms with E-state index in [0.29, 0.717) is 11.1 Å². The molecule has 2 aromatic heterocycles. The molecule has 2 aromatic rings. The highest BCUT2D eigenvalue weighted by molar-refractivity contribution is 7.12. The van der Waals surface area contributed by atoms with Gasteiger partial charge in [0, 0.05) is 26.9 Å². The minimum absolute atomic E-state index is 0.565. The second-order valence-corrected chi connectivity index (χ2v) is 7.10. The summed E-state index contributed by atoms with van der Waals surface area (Å²) in [5.74, 6) is 1.36. The normalized spacial score (nSPS) is 16.2. The summed E-state index contributed by atoms with van der Waals surface area (Å²) in [5, 5.41) is 0.565. The molecule has 1 aliphatic rings. The molecule has 0 unspecified atom stereocenters. The Kier molecular flexibility index (Phi) is 3.59. The van der Waals surface area contributed by atoms with Crippen molar-refractivity contribution in [3.05, 3.63) is 32.7 Å². The maximum atomic E-state index is 6.19. The predicted octanol–water partition coefficient (Wildman–Crippen LogP) is 5.13. The van der Waals surface area contributed by atoms with Crippen LogP contribution in [0.15, 0.2) is 12.1 Å². The molecule has 0 aromatic carbocycles. The standard InChI is InChI=1S/C15H17ClN2S/c1-9-7-12(10(2)19-9)15-17-13(8-14(16)18-15)11-5-3-4-6-11/h7-8,11H,3-6H2,1-2H3. The quantitative estimate of drug-likeness (QED) is 0.717. The van der Waals surface area contributed by atoms with Gasteiger partial charge in [-0.2, -0.15) is 0 Å². The number of halogens is 1. The molecule has 0 N–H and O–H groups in total. The second kappa shape index (κ2) is 5.22. The van der Waals surface area contributed by atoms with E-state index in [1.807, 2.05) is 6.07 Å². The van der Waals surface area contributed by atoms with Crippen LogP contribution in [0.3, 0.4) is 0 Å². The zero-order valence-electron chi connectivity index (χ0n) is 11.2. The van der Waals surface area contributed by atoms with Crippen molar-refractivity contribution in [2.75, 3.05) is 0 Å². The predicted molar refractivity (Wildman–Crippen MR) is 81.0 cm³/mol. The molecule has 0 aliphatic heterocycles. The summed E-state index contributed by atoms with van der Waals surface area (Å²) < 4.78 is 0. The molecule has 1 saturated carbocycles. The van der Waals surface area contributed by atoms with Crippen LogP contribution < -0.4 is 0 Å². The van der Waals surface area contributed by atoms with Crippen molar-refractivity contribution >= 4 is 22.9 Å². The Morgan fingerprint density at radius 1 is 1.16 bits per heavy atom. The van der Waals surface area contributed by atoms with Crippen LogP contribution in [0.2, 0.25) is 5.15 Å². The number of nitrogens with zero attached hydrogens (tertiary/aromatic N) is 2. The first-order valence-corrected chi connectivity index (χ1v) is 7.95. The smallest absolute Gasteiger partial charge is 0.162 e. The largest absolute Gasteiger partial charge is 0.233 e. The lowest BCUT2D eigenvalue weighted by molar-refractivity contribution is 0.695. The first-order valence-electron chi connectivity index (χ1n) is 6.75. The molecule has 0 spiro atoms. The topological polar surface area (TPSA) is 25.8 Å². The summed E-state index contributed by atoms with van der Waals surface area (Å²) in [7, 11) is 0. The van der Waals surface area contributed by atoms with Gasteiger partial charge < -0.3 is 0 Å². The molecule has 3 rings (SSSR count). The van der Waals surface area contributed by atoms with E-state index in [4.69, 9.17) is 16.6 Å². The van der Waals surface area contributed by atoms with Gasteiger partial charge in [-0.25, -0.2) is 9.97 Å². The average molecular weight is 293 g/mol. The van der Waals surface area contributed by atoms with Gasteiger partial charge in [-0.1, -0.05) is 24.4 Å². The van der Waals surface area contributed by atoms with Crippen LogP contribution in [-0.2, 0) is 0 Å². The van der Waals surface area contributed by atoms with E-state index in [1.54, 1.807) is 11.3 Å². The maximum Gasteiger partial charge on any atom is 0.162 e. The zero-order chi connectivity index (χ0) is 13.4. The fourth-order valence-corrected chi connectivity index (χ4v) is 3.95. The van der Waals surface area contributed by atoms with E-state index in [0.717, 1.165) is 17.1 Å². The molecule has 2 heterocycles. The third kappa shape index (κ3) is 2.67. The molecule has 1 aliphatic carbocycles. The molecule has 0 radical (unpaired) electrons. The fourth-order valence-electron chi connectivity index (χ4n) is 2.84. The Labute approximate surface area is 122 Å². The summed E-state index contributed by atoms with van der Waals surface area (Å²) >= 11 is 7.97. The van der Waals surface area contributed by atoms with Crippen molar-refractivity contribution in [1.82, 2.24) is 9.97 Å². The molecule has 19 heavy (non-hydrogen) atoms. The van der Waals surface area contributed by atoms with E-state index in [-0.39, 0.29) is 0 Å². The molecule has 2 nitrogen and oxygen atoms in total. The molecule has 100 valence electrons. The summed E-state index contributed by atoms with van der Waals surface area (Å²) in [6.07, 6.45) is 5.07. The van der Waals surface area contributed by atoms with E-state index in [2.05, 4.69) is 24.9 Å². The van der Waals surface area contributed by atoms with Gasteiger partial charge in [-0.05, 0) is 38.8 Å². The van der Waals surface area contributed by atoms with Crippen LogP contribution in [0.5, 0.6) is 0 Å². The lowest BCUT2D eigenvalue weighted by Crippen LogP contribution is -2.00. The van der Waals surface area contributed by atoms with E-state index in [1.165, 1.54) is 35.4 Å². The minimum Gasteiger partial charge on any atom is -0.233 e. The van der Waals surface area contributed by atoms with Crippen LogP contribution in [0.1, 0.15) is 47.0 Å². The first-order chi connectivity index (χ1) is 9.13. The SMILES string of the molecule is Cc1cc(-c2nc(Cl)cc(C3CCCC3)n2)c(C)s1. The lowest BCUT2D eigenvalue weighted by Gasteiger charge is -2.10. The van der Waals surface area contributed by atoms with Crippen molar-refractivity contribution < 1.29 is 0 Å².